The standard InChI is InChI=1S/C21H26ClF2N5O.HI/c1-2-25-21(28-14-16-12-17(22)5-6-18(16)30-20(23)24)27-13-15-7-8-26-19(11-15)29-9-3-4-10-29;/h5-8,11-12,20H,2-4,9-10,13-14H2,1H3,(H2,25,27,28);1H. The first-order chi connectivity index (χ1) is 14.5. The van der Waals surface area contributed by atoms with Crippen molar-refractivity contribution in [1.82, 2.24) is 15.6 Å². The monoisotopic (exact) mass is 565 g/mol. The number of ether oxygens (including phenoxy) is 1. The lowest BCUT2D eigenvalue weighted by Gasteiger charge is -2.17. The summed E-state index contributed by atoms with van der Waals surface area (Å²) in [7, 11) is 0. The first-order valence-corrected chi connectivity index (χ1v) is 10.4. The largest absolute Gasteiger partial charge is 0.434 e. The van der Waals surface area contributed by atoms with E-state index >= 15 is 0 Å². The molecule has 1 fully saturated rings. The van der Waals surface area contributed by atoms with Gasteiger partial charge in [-0.25, -0.2) is 9.98 Å². The Kier molecular flexibility index (Phi) is 10.5. The van der Waals surface area contributed by atoms with Crippen LogP contribution in [0.3, 0.4) is 0 Å². The number of halogens is 4. The zero-order chi connectivity index (χ0) is 21.3. The average Bonchev–Trinajstić information content (AvgIpc) is 3.27. The lowest BCUT2D eigenvalue weighted by Crippen LogP contribution is -2.36. The molecule has 2 heterocycles. The van der Waals surface area contributed by atoms with Crippen LogP contribution in [0.1, 0.15) is 30.9 Å². The van der Waals surface area contributed by atoms with E-state index in [9.17, 15) is 8.78 Å². The van der Waals surface area contributed by atoms with Gasteiger partial charge in [-0.3, -0.25) is 0 Å². The van der Waals surface area contributed by atoms with Gasteiger partial charge in [-0.05, 0) is 55.7 Å². The highest BCUT2D eigenvalue weighted by molar-refractivity contribution is 14.0. The van der Waals surface area contributed by atoms with Crippen LogP contribution in [0.5, 0.6) is 5.75 Å². The third kappa shape index (κ3) is 7.95. The van der Waals surface area contributed by atoms with Crippen LogP contribution in [0.15, 0.2) is 41.5 Å². The summed E-state index contributed by atoms with van der Waals surface area (Å²) in [5, 5.41) is 6.75. The lowest BCUT2D eigenvalue weighted by atomic mass is 10.2. The van der Waals surface area contributed by atoms with E-state index in [0.717, 1.165) is 24.5 Å². The summed E-state index contributed by atoms with van der Waals surface area (Å²) < 4.78 is 29.9. The number of nitrogens with one attached hydrogen (secondary N) is 2. The molecule has 10 heteroatoms. The smallest absolute Gasteiger partial charge is 0.387 e. The summed E-state index contributed by atoms with van der Waals surface area (Å²) in [6, 6.07) is 8.55. The van der Waals surface area contributed by atoms with Crippen LogP contribution in [-0.4, -0.2) is 37.2 Å². The number of aliphatic imine (C=N–C) groups is 1. The molecule has 2 aromatic rings. The van der Waals surface area contributed by atoms with Gasteiger partial charge < -0.3 is 20.3 Å². The highest BCUT2D eigenvalue weighted by atomic mass is 127. The normalized spacial score (nSPS) is 13.8. The molecule has 0 unspecified atom stereocenters. The van der Waals surface area contributed by atoms with Crippen LogP contribution in [0.4, 0.5) is 14.6 Å². The van der Waals surface area contributed by atoms with Crippen LogP contribution in [-0.2, 0) is 13.1 Å². The summed E-state index contributed by atoms with van der Waals surface area (Å²) in [5.41, 5.74) is 1.57. The van der Waals surface area contributed by atoms with Gasteiger partial charge in [-0.1, -0.05) is 11.6 Å². The topological polar surface area (TPSA) is 61.8 Å². The Morgan fingerprint density at radius 1 is 1.23 bits per heavy atom. The zero-order valence-corrected chi connectivity index (χ0v) is 20.4. The Bertz CT molecular complexity index is 865. The Hall–Kier alpha value is -1.88. The van der Waals surface area contributed by atoms with Gasteiger partial charge >= 0.3 is 6.61 Å². The minimum atomic E-state index is -2.90. The zero-order valence-electron chi connectivity index (χ0n) is 17.3. The molecule has 1 aromatic carbocycles. The molecule has 1 saturated heterocycles. The molecule has 1 aliphatic heterocycles. The molecule has 0 bridgehead atoms. The molecule has 0 aliphatic carbocycles. The average molecular weight is 566 g/mol. The Morgan fingerprint density at radius 2 is 2.00 bits per heavy atom. The third-order valence-electron chi connectivity index (χ3n) is 4.69. The molecule has 31 heavy (non-hydrogen) atoms. The van der Waals surface area contributed by atoms with E-state index in [-0.39, 0.29) is 36.3 Å². The lowest BCUT2D eigenvalue weighted by molar-refractivity contribution is -0.0504. The maximum atomic E-state index is 12.7. The van der Waals surface area contributed by atoms with Crippen molar-refractivity contribution in [2.75, 3.05) is 24.5 Å². The van der Waals surface area contributed by atoms with Gasteiger partial charge in [0, 0.05) is 43.0 Å². The summed E-state index contributed by atoms with van der Waals surface area (Å²) in [5.74, 6) is 1.63. The molecule has 0 radical (unpaired) electrons. The first-order valence-electron chi connectivity index (χ1n) is 10.0. The molecule has 2 N–H and O–H groups in total. The van der Waals surface area contributed by atoms with Crippen LogP contribution >= 0.6 is 35.6 Å². The highest BCUT2D eigenvalue weighted by Gasteiger charge is 2.14. The minimum absolute atomic E-state index is 0. The molecule has 170 valence electrons. The second-order valence-electron chi connectivity index (χ2n) is 6.90. The Labute approximate surface area is 203 Å². The fraction of sp³-hybridized carbons (Fsp3) is 0.429. The molecule has 0 amide bonds. The van der Waals surface area contributed by atoms with Crippen molar-refractivity contribution in [1.29, 1.82) is 0 Å². The predicted molar refractivity (Wildman–Crippen MR) is 131 cm³/mol. The molecule has 0 spiro atoms. The molecule has 1 aliphatic rings. The molecule has 6 nitrogen and oxygen atoms in total. The van der Waals surface area contributed by atoms with Gasteiger partial charge in [0.15, 0.2) is 5.96 Å². The van der Waals surface area contributed by atoms with E-state index in [1.54, 1.807) is 12.3 Å². The molecule has 1 aromatic heterocycles. The number of guanidine groups is 1. The van der Waals surface area contributed by atoms with E-state index in [2.05, 4.69) is 36.3 Å². The molecular weight excluding hydrogens is 539 g/mol. The number of pyridine rings is 1. The van der Waals surface area contributed by atoms with Crippen molar-refractivity contribution in [2.45, 2.75) is 39.5 Å². The second kappa shape index (κ2) is 12.8. The number of nitrogens with zero attached hydrogens (tertiary/aromatic N) is 3. The molecule has 3 rings (SSSR count). The predicted octanol–water partition coefficient (Wildman–Crippen LogP) is 4.81. The van der Waals surface area contributed by atoms with Crippen molar-refractivity contribution in [3.05, 3.63) is 52.7 Å². The van der Waals surface area contributed by atoms with E-state index < -0.39 is 6.61 Å². The van der Waals surface area contributed by atoms with Crippen LogP contribution in [0.25, 0.3) is 0 Å². The fourth-order valence-corrected chi connectivity index (χ4v) is 3.46. The van der Waals surface area contributed by atoms with Crippen molar-refractivity contribution in [3.8, 4) is 5.75 Å². The summed E-state index contributed by atoms with van der Waals surface area (Å²) in [6.07, 6.45) is 4.19. The number of aromatic nitrogens is 1. The summed E-state index contributed by atoms with van der Waals surface area (Å²) in [4.78, 5) is 11.3. The Balaban J connectivity index is 0.00000341. The number of hydrogen-bond donors (Lipinski definition) is 2. The SMILES string of the molecule is CCNC(=NCc1ccnc(N2CCCC2)c1)NCc1cc(Cl)ccc1OC(F)F.I. The first kappa shape index (κ1) is 25.4. The van der Waals surface area contributed by atoms with Gasteiger partial charge in [0.2, 0.25) is 0 Å². The molecule has 0 atom stereocenters. The maximum Gasteiger partial charge on any atom is 0.387 e. The third-order valence-corrected chi connectivity index (χ3v) is 4.92. The van der Waals surface area contributed by atoms with Crippen molar-refractivity contribution < 1.29 is 13.5 Å². The van der Waals surface area contributed by atoms with Gasteiger partial charge in [0.25, 0.3) is 0 Å². The second-order valence-corrected chi connectivity index (χ2v) is 7.33. The van der Waals surface area contributed by atoms with Crippen molar-refractivity contribution in [3.63, 3.8) is 0 Å². The minimum Gasteiger partial charge on any atom is -0.434 e. The number of anilines is 1. The van der Waals surface area contributed by atoms with E-state index in [0.29, 0.717) is 29.6 Å². The van der Waals surface area contributed by atoms with Crippen molar-refractivity contribution in [2.24, 2.45) is 4.99 Å². The van der Waals surface area contributed by atoms with Gasteiger partial charge in [0.05, 0.1) is 6.54 Å². The van der Waals surface area contributed by atoms with Crippen LogP contribution in [0, 0.1) is 0 Å². The van der Waals surface area contributed by atoms with Crippen molar-refractivity contribution >= 4 is 47.4 Å². The highest BCUT2D eigenvalue weighted by Crippen LogP contribution is 2.24. The summed E-state index contributed by atoms with van der Waals surface area (Å²) in [6.45, 7) is 2.50. The van der Waals surface area contributed by atoms with Gasteiger partial charge in [-0.2, -0.15) is 8.78 Å². The number of hydrogen-bond acceptors (Lipinski definition) is 4. The Morgan fingerprint density at radius 3 is 2.71 bits per heavy atom. The summed E-state index contributed by atoms with van der Waals surface area (Å²) >= 11 is 6.01. The fourth-order valence-electron chi connectivity index (χ4n) is 3.27. The number of alkyl halides is 2. The van der Waals surface area contributed by atoms with Crippen LogP contribution in [0.2, 0.25) is 5.02 Å². The van der Waals surface area contributed by atoms with E-state index in [1.807, 2.05) is 13.0 Å². The molecular formula is C21H27ClF2IN5O. The van der Waals surface area contributed by atoms with E-state index in [4.69, 9.17) is 11.6 Å². The quantitative estimate of drug-likeness (QED) is 0.273. The number of benzene rings is 1. The maximum absolute atomic E-state index is 12.7. The van der Waals surface area contributed by atoms with E-state index in [1.165, 1.54) is 25.0 Å². The number of rotatable bonds is 8. The molecule has 0 saturated carbocycles. The van der Waals surface area contributed by atoms with Gasteiger partial charge in [0.1, 0.15) is 11.6 Å². The van der Waals surface area contributed by atoms with Crippen LogP contribution < -0.4 is 20.3 Å². The van der Waals surface area contributed by atoms with Gasteiger partial charge in [-0.15, -0.1) is 24.0 Å².